The van der Waals surface area contributed by atoms with Gasteiger partial charge < -0.3 is 0 Å². The maximum Gasteiger partial charge on any atom is 0.0417 e. The highest BCUT2D eigenvalue weighted by Gasteiger charge is 2.24. The summed E-state index contributed by atoms with van der Waals surface area (Å²) < 4.78 is 0. The lowest BCUT2D eigenvalue weighted by Gasteiger charge is -2.14. The second-order valence-corrected chi connectivity index (χ2v) is 3.24. The minimum atomic E-state index is 0.340. The summed E-state index contributed by atoms with van der Waals surface area (Å²) in [6.45, 7) is 5.89. The molecule has 2 nitrogen and oxygen atoms in total. The van der Waals surface area contributed by atoms with E-state index in [0.717, 1.165) is 11.5 Å². The van der Waals surface area contributed by atoms with Gasteiger partial charge in [-0.25, -0.2) is 0 Å². The molecule has 1 aliphatic carbocycles. The summed E-state index contributed by atoms with van der Waals surface area (Å²) in [5, 5.41) is 0. The van der Waals surface area contributed by atoms with Gasteiger partial charge in [-0.15, -0.1) is 0 Å². The molecule has 1 fully saturated rings. The first-order valence-corrected chi connectivity index (χ1v) is 3.85. The van der Waals surface area contributed by atoms with E-state index in [4.69, 9.17) is 5.84 Å². The Bertz CT molecular complexity index is 127. The lowest BCUT2D eigenvalue weighted by atomic mass is 10.1. The number of nitrogens with one attached hydrogen (secondary N) is 1. The topological polar surface area (TPSA) is 38.0 Å². The van der Waals surface area contributed by atoms with Crippen LogP contribution in [0.3, 0.4) is 0 Å². The Morgan fingerprint density at radius 2 is 2.40 bits per heavy atom. The van der Waals surface area contributed by atoms with Gasteiger partial charge in [0, 0.05) is 6.04 Å². The monoisotopic (exact) mass is 140 g/mol. The molecule has 10 heavy (non-hydrogen) atoms. The molecule has 1 rings (SSSR count). The molecule has 0 radical (unpaired) electrons. The Kier molecular flexibility index (Phi) is 2.46. The van der Waals surface area contributed by atoms with Crippen molar-refractivity contribution >= 4 is 0 Å². The standard InChI is InChI=1S/C8H16N2/c1-6(2)8(10-9)5-7-3-4-7/h7-8,10H,1,3-5,9H2,2H3. The van der Waals surface area contributed by atoms with Crippen molar-refractivity contribution in [3.8, 4) is 0 Å². The molecule has 0 spiro atoms. The van der Waals surface area contributed by atoms with E-state index in [1.54, 1.807) is 0 Å². The molecule has 0 aromatic heterocycles. The van der Waals surface area contributed by atoms with E-state index in [2.05, 4.69) is 12.0 Å². The lowest BCUT2D eigenvalue weighted by Crippen LogP contribution is -2.36. The van der Waals surface area contributed by atoms with Crippen LogP contribution in [0.5, 0.6) is 0 Å². The normalized spacial score (nSPS) is 20.6. The first-order valence-electron chi connectivity index (χ1n) is 3.85. The molecule has 1 aliphatic rings. The largest absolute Gasteiger partial charge is 0.271 e. The summed E-state index contributed by atoms with van der Waals surface area (Å²) in [4.78, 5) is 0. The Balaban J connectivity index is 2.24. The average Bonchev–Trinajstić information content (AvgIpc) is 2.64. The van der Waals surface area contributed by atoms with Gasteiger partial charge in [0.2, 0.25) is 0 Å². The summed E-state index contributed by atoms with van der Waals surface area (Å²) >= 11 is 0. The first-order chi connectivity index (χ1) is 4.74. The lowest BCUT2D eigenvalue weighted by molar-refractivity contribution is 0.522. The van der Waals surface area contributed by atoms with E-state index in [-0.39, 0.29) is 0 Å². The maximum atomic E-state index is 5.34. The van der Waals surface area contributed by atoms with Crippen LogP contribution in [0, 0.1) is 5.92 Å². The fourth-order valence-electron chi connectivity index (χ4n) is 1.10. The molecule has 58 valence electrons. The van der Waals surface area contributed by atoms with E-state index in [1.165, 1.54) is 19.3 Å². The summed E-state index contributed by atoms with van der Waals surface area (Å²) in [7, 11) is 0. The van der Waals surface area contributed by atoms with Crippen molar-refractivity contribution in [1.82, 2.24) is 5.43 Å². The van der Waals surface area contributed by atoms with Crippen LogP contribution in [0.1, 0.15) is 26.2 Å². The molecule has 0 bridgehead atoms. The molecule has 0 heterocycles. The maximum absolute atomic E-state index is 5.34. The third-order valence-electron chi connectivity index (χ3n) is 2.06. The van der Waals surface area contributed by atoms with E-state index < -0.39 is 0 Å². The SMILES string of the molecule is C=C(C)C(CC1CC1)NN. The van der Waals surface area contributed by atoms with Gasteiger partial charge in [-0.05, 0) is 19.3 Å². The highest BCUT2D eigenvalue weighted by Crippen LogP contribution is 2.34. The molecule has 1 saturated carbocycles. The molecule has 2 heteroatoms. The molecule has 0 aliphatic heterocycles. The first kappa shape index (κ1) is 7.76. The van der Waals surface area contributed by atoms with Crippen LogP contribution in [0.25, 0.3) is 0 Å². The van der Waals surface area contributed by atoms with Gasteiger partial charge in [0.1, 0.15) is 0 Å². The zero-order valence-electron chi connectivity index (χ0n) is 6.56. The summed E-state index contributed by atoms with van der Waals surface area (Å²) in [5.41, 5.74) is 3.92. The molecule has 0 aromatic carbocycles. The van der Waals surface area contributed by atoms with Gasteiger partial charge in [0.05, 0.1) is 0 Å². The van der Waals surface area contributed by atoms with Crippen LogP contribution in [-0.4, -0.2) is 6.04 Å². The molecular formula is C8H16N2. The van der Waals surface area contributed by atoms with Crippen molar-refractivity contribution in [1.29, 1.82) is 0 Å². The number of rotatable bonds is 4. The van der Waals surface area contributed by atoms with Crippen LogP contribution in [0.4, 0.5) is 0 Å². The van der Waals surface area contributed by atoms with Crippen molar-refractivity contribution in [2.75, 3.05) is 0 Å². The third kappa shape index (κ3) is 2.12. The molecular weight excluding hydrogens is 124 g/mol. The highest BCUT2D eigenvalue weighted by molar-refractivity contribution is 5.02. The van der Waals surface area contributed by atoms with Crippen molar-refractivity contribution in [2.45, 2.75) is 32.2 Å². The average molecular weight is 140 g/mol. The predicted octanol–water partition coefficient (Wildman–Crippen LogP) is 1.19. The fraction of sp³-hybridized carbons (Fsp3) is 0.750. The minimum Gasteiger partial charge on any atom is -0.271 e. The van der Waals surface area contributed by atoms with Crippen LogP contribution < -0.4 is 11.3 Å². The molecule has 0 aromatic rings. The summed E-state index contributed by atoms with van der Waals surface area (Å²) in [6, 6.07) is 0.340. The zero-order valence-corrected chi connectivity index (χ0v) is 6.56. The Hall–Kier alpha value is -0.340. The molecule has 3 N–H and O–H groups in total. The molecule has 1 unspecified atom stereocenters. The van der Waals surface area contributed by atoms with Gasteiger partial charge in [-0.1, -0.05) is 25.0 Å². The fourth-order valence-corrected chi connectivity index (χ4v) is 1.10. The Labute approximate surface area is 62.5 Å². The van der Waals surface area contributed by atoms with Crippen LogP contribution in [0.15, 0.2) is 12.2 Å². The van der Waals surface area contributed by atoms with Gasteiger partial charge >= 0.3 is 0 Å². The van der Waals surface area contributed by atoms with Gasteiger partial charge in [0.15, 0.2) is 0 Å². The number of nitrogens with two attached hydrogens (primary N) is 1. The summed E-state index contributed by atoms with van der Waals surface area (Å²) in [6.07, 6.45) is 3.93. The van der Waals surface area contributed by atoms with Crippen molar-refractivity contribution in [3.05, 3.63) is 12.2 Å². The molecule has 0 saturated heterocycles. The van der Waals surface area contributed by atoms with E-state index in [9.17, 15) is 0 Å². The van der Waals surface area contributed by atoms with E-state index in [0.29, 0.717) is 6.04 Å². The summed E-state index contributed by atoms with van der Waals surface area (Å²) in [5.74, 6) is 6.25. The predicted molar refractivity (Wildman–Crippen MR) is 43.3 cm³/mol. The van der Waals surface area contributed by atoms with Crippen molar-refractivity contribution < 1.29 is 0 Å². The molecule has 1 atom stereocenters. The van der Waals surface area contributed by atoms with Gasteiger partial charge in [-0.2, -0.15) is 0 Å². The molecule has 0 amide bonds. The van der Waals surface area contributed by atoms with Crippen LogP contribution in [0.2, 0.25) is 0 Å². The second-order valence-electron chi connectivity index (χ2n) is 3.24. The Morgan fingerprint density at radius 3 is 2.70 bits per heavy atom. The Morgan fingerprint density at radius 1 is 1.80 bits per heavy atom. The second kappa shape index (κ2) is 3.17. The highest BCUT2D eigenvalue weighted by atomic mass is 15.2. The number of hydrazine groups is 1. The quantitative estimate of drug-likeness (QED) is 0.350. The van der Waals surface area contributed by atoms with Crippen LogP contribution >= 0.6 is 0 Å². The van der Waals surface area contributed by atoms with Crippen molar-refractivity contribution in [2.24, 2.45) is 11.8 Å². The number of hydrogen-bond acceptors (Lipinski definition) is 2. The number of hydrogen-bond donors (Lipinski definition) is 2. The minimum absolute atomic E-state index is 0.340. The van der Waals surface area contributed by atoms with E-state index >= 15 is 0 Å². The van der Waals surface area contributed by atoms with Gasteiger partial charge in [0.25, 0.3) is 0 Å². The smallest absolute Gasteiger partial charge is 0.0417 e. The zero-order chi connectivity index (χ0) is 7.56. The van der Waals surface area contributed by atoms with E-state index in [1.807, 2.05) is 6.92 Å². The van der Waals surface area contributed by atoms with Crippen molar-refractivity contribution in [3.63, 3.8) is 0 Å². The van der Waals surface area contributed by atoms with Crippen LogP contribution in [-0.2, 0) is 0 Å². The third-order valence-corrected chi connectivity index (χ3v) is 2.06. The van der Waals surface area contributed by atoms with Gasteiger partial charge in [-0.3, -0.25) is 11.3 Å².